The second kappa shape index (κ2) is 5.29. The number of carboxylic acids is 1. The standard InChI is InChI=1S/C11H14N2O4/c1-7(10(14)13(2)3)17-8-5-4-6-12-9(8)11(15)16/h4-7H,1-3H3,(H,15,16). The maximum Gasteiger partial charge on any atom is 0.358 e. The van der Waals surface area contributed by atoms with Crippen LogP contribution < -0.4 is 4.74 Å². The van der Waals surface area contributed by atoms with Gasteiger partial charge in [-0.05, 0) is 19.1 Å². The van der Waals surface area contributed by atoms with Crippen LogP contribution in [0.3, 0.4) is 0 Å². The molecule has 1 aromatic rings. The lowest BCUT2D eigenvalue weighted by molar-refractivity contribution is -0.135. The number of aromatic carboxylic acids is 1. The number of carbonyl (C=O) groups is 2. The van der Waals surface area contributed by atoms with E-state index < -0.39 is 12.1 Å². The van der Waals surface area contributed by atoms with Crippen molar-refractivity contribution in [1.82, 2.24) is 9.88 Å². The molecule has 0 aliphatic carbocycles. The summed E-state index contributed by atoms with van der Waals surface area (Å²) in [7, 11) is 3.20. The average Bonchev–Trinajstić information content (AvgIpc) is 2.28. The lowest BCUT2D eigenvalue weighted by Gasteiger charge is -2.18. The Morgan fingerprint density at radius 3 is 2.65 bits per heavy atom. The maximum absolute atomic E-state index is 11.6. The van der Waals surface area contributed by atoms with Crippen LogP contribution in [0.2, 0.25) is 0 Å². The molecule has 0 saturated heterocycles. The topological polar surface area (TPSA) is 79.7 Å². The fraction of sp³-hybridized carbons (Fsp3) is 0.364. The number of hydrogen-bond acceptors (Lipinski definition) is 4. The Kier molecular flexibility index (Phi) is 4.03. The highest BCUT2D eigenvalue weighted by atomic mass is 16.5. The number of aromatic nitrogens is 1. The second-order valence-corrected chi connectivity index (χ2v) is 3.65. The van der Waals surface area contributed by atoms with Gasteiger partial charge in [-0.25, -0.2) is 9.78 Å². The monoisotopic (exact) mass is 238 g/mol. The smallest absolute Gasteiger partial charge is 0.358 e. The SMILES string of the molecule is CC(Oc1cccnc1C(=O)O)C(=O)N(C)C. The second-order valence-electron chi connectivity index (χ2n) is 3.65. The van der Waals surface area contributed by atoms with Gasteiger partial charge in [-0.15, -0.1) is 0 Å². The van der Waals surface area contributed by atoms with Gasteiger partial charge in [-0.1, -0.05) is 0 Å². The van der Waals surface area contributed by atoms with E-state index in [1.54, 1.807) is 27.1 Å². The predicted molar refractivity (Wildman–Crippen MR) is 60.0 cm³/mol. The first-order valence-electron chi connectivity index (χ1n) is 4.99. The summed E-state index contributed by atoms with van der Waals surface area (Å²) >= 11 is 0. The molecule has 0 aliphatic rings. The number of ether oxygens (including phenoxy) is 1. The number of nitrogens with zero attached hydrogens (tertiary/aromatic N) is 2. The van der Waals surface area contributed by atoms with Crippen LogP contribution in [0, 0.1) is 0 Å². The highest BCUT2D eigenvalue weighted by Gasteiger charge is 2.20. The van der Waals surface area contributed by atoms with E-state index in [2.05, 4.69) is 4.98 Å². The number of likely N-dealkylation sites (N-methyl/N-ethyl adjacent to an activating group) is 1. The van der Waals surface area contributed by atoms with Crippen molar-refractivity contribution in [2.45, 2.75) is 13.0 Å². The quantitative estimate of drug-likeness (QED) is 0.832. The summed E-state index contributed by atoms with van der Waals surface area (Å²) in [6, 6.07) is 3.02. The normalized spacial score (nSPS) is 11.7. The Hall–Kier alpha value is -2.11. The summed E-state index contributed by atoms with van der Waals surface area (Å²) < 4.78 is 5.30. The Labute approximate surface area is 98.8 Å². The Morgan fingerprint density at radius 2 is 2.12 bits per heavy atom. The van der Waals surface area contributed by atoms with Crippen molar-refractivity contribution in [2.24, 2.45) is 0 Å². The largest absolute Gasteiger partial charge is 0.478 e. The molecule has 0 radical (unpaired) electrons. The van der Waals surface area contributed by atoms with Gasteiger partial charge >= 0.3 is 5.97 Å². The molecule has 1 heterocycles. The molecule has 1 N–H and O–H groups in total. The fourth-order valence-electron chi connectivity index (χ4n) is 1.25. The van der Waals surface area contributed by atoms with Crippen molar-refractivity contribution < 1.29 is 19.4 Å². The summed E-state index contributed by atoms with van der Waals surface area (Å²) in [6.07, 6.45) is 0.599. The van der Waals surface area contributed by atoms with Gasteiger partial charge in [0.2, 0.25) is 0 Å². The van der Waals surface area contributed by atoms with Gasteiger partial charge in [-0.3, -0.25) is 4.79 Å². The number of rotatable bonds is 4. The molecule has 0 fully saturated rings. The van der Waals surface area contributed by atoms with Crippen molar-refractivity contribution >= 4 is 11.9 Å². The molecular formula is C11H14N2O4. The summed E-state index contributed by atoms with van der Waals surface area (Å²) in [5.74, 6) is -1.35. The molecule has 0 spiro atoms. The maximum atomic E-state index is 11.6. The minimum absolute atomic E-state index is 0.0858. The van der Waals surface area contributed by atoms with Gasteiger partial charge < -0.3 is 14.7 Å². The van der Waals surface area contributed by atoms with E-state index in [9.17, 15) is 9.59 Å². The molecule has 1 atom stereocenters. The first kappa shape index (κ1) is 13.0. The molecule has 0 aliphatic heterocycles. The third-order valence-electron chi connectivity index (χ3n) is 2.07. The first-order valence-corrected chi connectivity index (χ1v) is 4.99. The molecule has 17 heavy (non-hydrogen) atoms. The summed E-state index contributed by atoms with van der Waals surface area (Å²) in [6.45, 7) is 1.56. The number of carboxylic acid groups (broad SMARTS) is 1. The molecule has 6 heteroatoms. The van der Waals surface area contributed by atoms with Gasteiger partial charge in [0.15, 0.2) is 17.5 Å². The molecule has 1 rings (SSSR count). The first-order chi connectivity index (χ1) is 7.93. The molecule has 1 aromatic heterocycles. The van der Waals surface area contributed by atoms with Gasteiger partial charge in [0.1, 0.15) is 0 Å². The zero-order valence-corrected chi connectivity index (χ0v) is 9.88. The van der Waals surface area contributed by atoms with E-state index in [0.29, 0.717) is 0 Å². The van der Waals surface area contributed by atoms with E-state index in [-0.39, 0.29) is 17.4 Å². The molecular weight excluding hydrogens is 224 g/mol. The number of hydrogen-bond donors (Lipinski definition) is 1. The van der Waals surface area contributed by atoms with Crippen LogP contribution >= 0.6 is 0 Å². The van der Waals surface area contributed by atoms with E-state index in [4.69, 9.17) is 9.84 Å². The van der Waals surface area contributed by atoms with E-state index in [0.717, 1.165) is 0 Å². The molecule has 92 valence electrons. The third-order valence-corrected chi connectivity index (χ3v) is 2.07. The van der Waals surface area contributed by atoms with Crippen LogP contribution in [0.5, 0.6) is 5.75 Å². The highest BCUT2D eigenvalue weighted by Crippen LogP contribution is 2.17. The van der Waals surface area contributed by atoms with Crippen molar-refractivity contribution in [2.75, 3.05) is 14.1 Å². The fourth-order valence-corrected chi connectivity index (χ4v) is 1.25. The van der Waals surface area contributed by atoms with E-state index >= 15 is 0 Å². The van der Waals surface area contributed by atoms with Crippen molar-refractivity contribution in [3.63, 3.8) is 0 Å². The Morgan fingerprint density at radius 1 is 1.47 bits per heavy atom. The lowest BCUT2D eigenvalue weighted by Crippen LogP contribution is -2.35. The highest BCUT2D eigenvalue weighted by molar-refractivity contribution is 5.88. The number of pyridine rings is 1. The van der Waals surface area contributed by atoms with Crippen LogP contribution in [0.25, 0.3) is 0 Å². The third kappa shape index (κ3) is 3.17. The Balaban J connectivity index is 2.88. The zero-order valence-electron chi connectivity index (χ0n) is 9.88. The summed E-state index contributed by atoms with van der Waals surface area (Å²) in [5, 5.41) is 8.89. The van der Waals surface area contributed by atoms with Crippen LogP contribution in [0.1, 0.15) is 17.4 Å². The molecule has 6 nitrogen and oxygen atoms in total. The summed E-state index contributed by atoms with van der Waals surface area (Å²) in [5.41, 5.74) is -0.203. The molecule has 0 aromatic carbocycles. The number of amides is 1. The van der Waals surface area contributed by atoms with Gasteiger partial charge in [0.25, 0.3) is 5.91 Å². The minimum atomic E-state index is -1.19. The predicted octanol–water partition coefficient (Wildman–Crippen LogP) is 0.635. The molecule has 0 bridgehead atoms. The van der Waals surface area contributed by atoms with Gasteiger partial charge in [0.05, 0.1) is 0 Å². The van der Waals surface area contributed by atoms with Gasteiger partial charge in [0, 0.05) is 20.3 Å². The van der Waals surface area contributed by atoms with Gasteiger partial charge in [-0.2, -0.15) is 0 Å². The van der Waals surface area contributed by atoms with E-state index in [1.165, 1.54) is 17.2 Å². The minimum Gasteiger partial charge on any atom is -0.478 e. The van der Waals surface area contributed by atoms with Crippen LogP contribution in [0.15, 0.2) is 18.3 Å². The van der Waals surface area contributed by atoms with Crippen molar-refractivity contribution in [1.29, 1.82) is 0 Å². The molecule has 1 amide bonds. The average molecular weight is 238 g/mol. The van der Waals surface area contributed by atoms with Crippen LogP contribution in [0.4, 0.5) is 0 Å². The number of carbonyl (C=O) groups excluding carboxylic acids is 1. The lowest BCUT2D eigenvalue weighted by atomic mass is 10.3. The zero-order chi connectivity index (χ0) is 13.0. The van der Waals surface area contributed by atoms with E-state index in [1.807, 2.05) is 0 Å². The molecule has 1 unspecified atom stereocenters. The van der Waals surface area contributed by atoms with Crippen LogP contribution in [-0.2, 0) is 4.79 Å². The molecule has 0 saturated carbocycles. The summed E-state index contributed by atoms with van der Waals surface area (Å²) in [4.78, 5) is 27.5. The van der Waals surface area contributed by atoms with Crippen molar-refractivity contribution in [3.8, 4) is 5.75 Å². The van der Waals surface area contributed by atoms with Crippen LogP contribution in [-0.4, -0.2) is 47.1 Å². The van der Waals surface area contributed by atoms with Crippen molar-refractivity contribution in [3.05, 3.63) is 24.0 Å². The Bertz CT molecular complexity index is 431.